The van der Waals surface area contributed by atoms with E-state index in [0.717, 1.165) is 16.7 Å². The molecule has 1 amide bonds. The molecule has 4 fully saturated rings. The first-order chi connectivity index (χ1) is 64.5. The van der Waals surface area contributed by atoms with E-state index in [1.165, 1.54) is 63.8 Å². The molecule has 0 spiro atoms. The zero-order valence-electron chi connectivity index (χ0n) is 74.0. The van der Waals surface area contributed by atoms with Crippen LogP contribution in [0.25, 0.3) is 43.6 Å². The highest BCUT2D eigenvalue weighted by molar-refractivity contribution is 6.32. The normalized spacial score (nSPS) is 15.2. The lowest BCUT2D eigenvalue weighted by Crippen LogP contribution is -2.60. The number of halogens is 8. The smallest absolute Gasteiger partial charge is 0.324 e. The fourth-order valence-corrected chi connectivity index (χ4v) is 16.7. The van der Waals surface area contributed by atoms with Gasteiger partial charge in [-0.25, -0.2) is 57.4 Å². The average molecular weight is 1930 g/mol. The molecular formula is C93H99Cl4F4N17O16. The van der Waals surface area contributed by atoms with Gasteiger partial charge in [-0.15, -0.1) is 0 Å². The Morgan fingerprint density at radius 1 is 0.433 bits per heavy atom. The van der Waals surface area contributed by atoms with Gasteiger partial charge in [-0.1, -0.05) is 84.5 Å². The predicted octanol–water partition coefficient (Wildman–Crippen LogP) is 16.4. The van der Waals surface area contributed by atoms with Gasteiger partial charge in [-0.3, -0.25) is 39.1 Å². The van der Waals surface area contributed by atoms with E-state index in [9.17, 15) is 51.7 Å². The van der Waals surface area contributed by atoms with Crippen LogP contribution in [0.2, 0.25) is 20.1 Å². The van der Waals surface area contributed by atoms with Crippen LogP contribution in [0.1, 0.15) is 92.3 Å². The number of carboxylic acids is 3. The average Bonchev–Trinajstić information content (AvgIpc) is 0.768. The third-order valence-corrected chi connectivity index (χ3v) is 24.8. The van der Waals surface area contributed by atoms with Crippen molar-refractivity contribution < 1.29 is 94.7 Å². The van der Waals surface area contributed by atoms with E-state index in [0.29, 0.717) is 232 Å². The van der Waals surface area contributed by atoms with E-state index >= 15 is 0 Å². The molecule has 0 saturated carbocycles. The van der Waals surface area contributed by atoms with Gasteiger partial charge in [0.05, 0.1) is 98.9 Å². The van der Waals surface area contributed by atoms with Crippen LogP contribution in [0, 0.1) is 23.3 Å². The Labute approximate surface area is 787 Å². The largest absolute Gasteiger partial charge is 0.496 e. The Hall–Kier alpha value is -12.4. The Bertz CT molecular complexity index is 6230. The van der Waals surface area contributed by atoms with Gasteiger partial charge in [0.2, 0.25) is 5.91 Å². The molecule has 4 saturated heterocycles. The van der Waals surface area contributed by atoms with Crippen LogP contribution in [0.4, 0.5) is 63.6 Å². The summed E-state index contributed by atoms with van der Waals surface area (Å²) in [6, 6.07) is 32.9. The van der Waals surface area contributed by atoms with Gasteiger partial charge in [0.1, 0.15) is 93.7 Å². The number of aldehydes is 1. The van der Waals surface area contributed by atoms with Crippen molar-refractivity contribution in [2.24, 2.45) is 5.73 Å². The van der Waals surface area contributed by atoms with Crippen molar-refractivity contribution in [1.82, 2.24) is 60.3 Å². The lowest BCUT2D eigenvalue weighted by Gasteiger charge is -2.44. The molecule has 4 aliphatic heterocycles. The number of carbonyl (C=O) groups is 5. The van der Waals surface area contributed by atoms with Gasteiger partial charge in [-0.2, -0.15) is 0 Å². The highest BCUT2D eigenvalue weighted by atomic mass is 35.5. The zero-order chi connectivity index (χ0) is 96.0. The Kier molecular flexibility index (Phi) is 34.6. The van der Waals surface area contributed by atoms with E-state index < -0.39 is 63.3 Å². The van der Waals surface area contributed by atoms with Crippen LogP contribution < -0.4 is 56.6 Å². The van der Waals surface area contributed by atoms with Gasteiger partial charge in [0, 0.05) is 142 Å². The van der Waals surface area contributed by atoms with Crippen molar-refractivity contribution in [2.45, 2.75) is 107 Å². The number of rotatable bonds is 28. The molecular weight excluding hydrogens is 1830 g/mol. The summed E-state index contributed by atoms with van der Waals surface area (Å²) in [5, 5.41) is 49.0. The molecule has 12 aromatic rings. The van der Waals surface area contributed by atoms with Crippen molar-refractivity contribution in [3.8, 4) is 23.0 Å². The number of methoxy groups -OCH3 is 4. The number of ether oxygens (including phenoxy) is 8. The SMILES string of the molecule is CCN(Cc1cc2c(Nc3cccc(Cl)c3F)ncnc2cc1OC)C1(C(=O)NC)CCOCC1.CCN(Cc1cc2c(Nc3cccc(Cl)c3F)ncnc2cc1OC)C1(C(=O)O)CCOCC1.COc1cc2ncnc(Nc3cccc(Cl)c3F)c2cc1C=O.COc1cc2ncnc(Nc3cccc(Cl)c3F)c2cc1CNC1(C(=O)O)CCOCC1.NC1(C(=O)O)CCOCC1. The molecule has 16 rings (SSSR count). The summed E-state index contributed by atoms with van der Waals surface area (Å²) < 4.78 is 101. The molecule has 0 radical (unpaired) electrons. The molecule has 0 bridgehead atoms. The van der Waals surface area contributed by atoms with Crippen molar-refractivity contribution in [1.29, 1.82) is 0 Å². The number of carbonyl (C=O) groups excluding carboxylic acids is 2. The second-order valence-electron chi connectivity index (χ2n) is 31.2. The summed E-state index contributed by atoms with van der Waals surface area (Å²) >= 11 is 23.5. The second kappa shape index (κ2) is 46.0. The number of aliphatic carboxylic acids is 3. The van der Waals surface area contributed by atoms with Crippen LogP contribution in [-0.4, -0.2) is 219 Å². The van der Waals surface area contributed by atoms with Crippen LogP contribution in [-0.2, 0) is 57.8 Å². The molecule has 708 valence electrons. The summed E-state index contributed by atoms with van der Waals surface area (Å²) in [5.41, 5.74) is 7.57. The summed E-state index contributed by atoms with van der Waals surface area (Å²) in [6.07, 6.45) is 9.73. The summed E-state index contributed by atoms with van der Waals surface area (Å²) in [4.78, 5) is 97.3. The minimum Gasteiger partial charge on any atom is -0.496 e. The lowest BCUT2D eigenvalue weighted by atomic mass is 9.86. The van der Waals surface area contributed by atoms with Crippen molar-refractivity contribution in [2.75, 3.05) is 123 Å². The first-order valence-corrected chi connectivity index (χ1v) is 43.9. The number of anilines is 8. The third kappa shape index (κ3) is 23.2. The molecule has 4 aromatic heterocycles. The quantitative estimate of drug-likeness (QED) is 0.0161. The number of nitrogens with two attached hydrogens (primary N) is 1. The Morgan fingerprint density at radius 2 is 0.746 bits per heavy atom. The minimum atomic E-state index is -1.07. The van der Waals surface area contributed by atoms with Crippen molar-refractivity contribution >= 4 is 166 Å². The van der Waals surface area contributed by atoms with Crippen LogP contribution in [0.5, 0.6) is 23.0 Å². The molecule has 8 aromatic carbocycles. The van der Waals surface area contributed by atoms with Gasteiger partial charge in [0.15, 0.2) is 29.6 Å². The topological polar surface area (TPSA) is 428 Å². The monoisotopic (exact) mass is 1930 g/mol. The molecule has 134 heavy (non-hydrogen) atoms. The number of fused-ring (bicyclic) bond motifs is 4. The summed E-state index contributed by atoms with van der Waals surface area (Å²) in [6.45, 7) is 9.69. The molecule has 41 heteroatoms. The van der Waals surface area contributed by atoms with Crippen molar-refractivity contribution in [3.63, 3.8) is 0 Å². The summed E-state index contributed by atoms with van der Waals surface area (Å²) in [5.74, 6) is -1.24. The third-order valence-electron chi connectivity index (χ3n) is 23.6. The molecule has 33 nitrogen and oxygen atoms in total. The molecule has 8 heterocycles. The van der Waals surface area contributed by atoms with Crippen LogP contribution in [0.3, 0.4) is 0 Å². The number of amides is 1. The lowest BCUT2D eigenvalue weighted by molar-refractivity contribution is -0.159. The highest BCUT2D eigenvalue weighted by Gasteiger charge is 2.47. The zero-order valence-corrected chi connectivity index (χ0v) is 77.0. The summed E-state index contributed by atoms with van der Waals surface area (Å²) in [7, 11) is 7.83. The Morgan fingerprint density at radius 3 is 1.06 bits per heavy atom. The van der Waals surface area contributed by atoms with Gasteiger partial charge >= 0.3 is 17.9 Å². The van der Waals surface area contributed by atoms with Crippen LogP contribution >= 0.6 is 46.4 Å². The standard InChI is InChI=1S/C25H29ClFN5O3.C24H26ClFN4O4.C22H22ClFN4O4.C16H11ClFN3O2.C6H11NO3/c1-4-32(25(24(33)28-2)8-10-35-11-9-25)14-16-12-17-20(13-21(16)34-3)29-15-30-23(17)31-19-7-5-6-18(26)22(19)27;1-3-30(24(23(31)32)7-9-34-10-8-24)13-15-11-16-19(12-20(15)33-2)27-14-28-22(16)29-18-6-4-5-17(25)21(18)26;1-31-18-10-17-14(9-13(18)11-27-22(21(29)30)5-7-32-8-6-22)20(26-12-25-17)28-16-4-2-3-15(23)19(16)24;1-23-14-6-13-10(5-9(14)7-22)16(20-8-19-13)21-12-4-2-3-11(17)15(12)18;7-6(5(8)9)1-3-10-4-2-6/h5-7,12-13,15H,4,8-11,14H2,1-3H3,(H,28,33)(H,29,30,31);4-6,11-12,14H,3,7-10,13H2,1-2H3,(H,31,32)(H,27,28,29);2-4,9-10,12,27H,5-8,11H2,1H3,(H,29,30)(H,25,26,28);2-8H,1H3,(H,19,20,21);1-4,7H2,(H,8,9). The van der Waals surface area contributed by atoms with E-state index in [-0.39, 0.29) is 55.3 Å². The number of hydrogen-bond acceptors (Lipinski definition) is 29. The van der Waals surface area contributed by atoms with Gasteiger partial charge in [0.25, 0.3) is 0 Å². The number of likely N-dealkylation sites (N-methyl/N-ethyl adjacent to an activating group) is 3. The molecule has 11 N–H and O–H groups in total. The number of carboxylic acid groups (broad SMARTS) is 3. The molecule has 0 atom stereocenters. The molecule has 4 aliphatic rings. The van der Waals surface area contributed by atoms with E-state index in [2.05, 4.69) is 76.7 Å². The van der Waals surface area contributed by atoms with Crippen molar-refractivity contribution in [3.05, 3.63) is 212 Å². The second-order valence-corrected chi connectivity index (χ2v) is 32.8. The number of aromatic nitrogens is 8. The number of hydrogen-bond donors (Lipinski definition) is 10. The molecule has 0 aliphatic carbocycles. The van der Waals surface area contributed by atoms with E-state index in [1.807, 2.05) is 36.9 Å². The minimum absolute atomic E-state index is 0.000243. The predicted molar refractivity (Wildman–Crippen MR) is 500 cm³/mol. The van der Waals surface area contributed by atoms with Gasteiger partial charge < -0.3 is 85.5 Å². The number of benzene rings is 8. The Balaban J connectivity index is 0.000000156. The molecule has 0 unspecified atom stereocenters. The van der Waals surface area contributed by atoms with E-state index in [1.54, 1.807) is 100 Å². The van der Waals surface area contributed by atoms with Crippen LogP contribution in [0.15, 0.2) is 147 Å². The highest BCUT2D eigenvalue weighted by Crippen LogP contribution is 2.41. The van der Waals surface area contributed by atoms with Gasteiger partial charge in [-0.05, 0) is 137 Å². The fraction of sp³-hybridized carbons (Fsp3) is 0.344. The maximum Gasteiger partial charge on any atom is 0.324 e. The number of nitrogens with zero attached hydrogens (tertiary/aromatic N) is 10. The fourth-order valence-electron chi connectivity index (χ4n) is 16.0. The first-order valence-electron chi connectivity index (χ1n) is 42.4. The number of nitrogens with one attached hydrogen (secondary N) is 6. The maximum atomic E-state index is 14.5. The van der Waals surface area contributed by atoms with E-state index in [4.69, 9.17) is 95.1 Å². The first kappa shape index (κ1) is 101. The maximum absolute atomic E-state index is 14.5.